The van der Waals surface area contributed by atoms with E-state index in [-0.39, 0.29) is 11.9 Å². The Morgan fingerprint density at radius 3 is 3.12 bits per heavy atom. The van der Waals surface area contributed by atoms with Crippen molar-refractivity contribution < 1.29 is 4.79 Å². The van der Waals surface area contributed by atoms with E-state index in [0.717, 1.165) is 31.7 Å². The fourth-order valence-corrected chi connectivity index (χ4v) is 2.13. The highest BCUT2D eigenvalue weighted by atomic mass is 16.1. The second kappa shape index (κ2) is 4.96. The number of amides is 1. The summed E-state index contributed by atoms with van der Waals surface area (Å²) in [7, 11) is 0. The Balaban J connectivity index is 1.99. The van der Waals surface area contributed by atoms with Crippen molar-refractivity contribution >= 4 is 11.7 Å². The van der Waals surface area contributed by atoms with Crippen LogP contribution in [0, 0.1) is 0 Å². The summed E-state index contributed by atoms with van der Waals surface area (Å²) in [5, 5.41) is 2.97. The first-order valence-corrected chi connectivity index (χ1v) is 5.69. The van der Waals surface area contributed by atoms with Crippen molar-refractivity contribution in [1.82, 2.24) is 10.3 Å². The molecule has 1 atom stereocenters. The molecule has 1 fully saturated rings. The molecule has 2 rings (SSSR count). The molecule has 1 aromatic heterocycles. The van der Waals surface area contributed by atoms with Gasteiger partial charge in [0, 0.05) is 32.3 Å². The second-order valence-corrected chi connectivity index (χ2v) is 4.17. The van der Waals surface area contributed by atoms with Gasteiger partial charge in [0.2, 0.25) is 5.91 Å². The first kappa shape index (κ1) is 10.9. The number of anilines is 1. The molecule has 1 aliphatic heterocycles. The van der Waals surface area contributed by atoms with Gasteiger partial charge in [-0.05, 0) is 25.0 Å². The normalized spacial score (nSPS) is 20.6. The molecule has 0 unspecified atom stereocenters. The van der Waals surface area contributed by atoms with E-state index >= 15 is 0 Å². The Bertz CT molecular complexity index is 353. The summed E-state index contributed by atoms with van der Waals surface area (Å²) in [6.45, 7) is 3.45. The van der Waals surface area contributed by atoms with Crippen LogP contribution in [-0.2, 0) is 4.79 Å². The predicted octanol–water partition coefficient (Wildman–Crippen LogP) is 1.19. The first-order chi connectivity index (χ1) is 7.75. The molecule has 4 heteroatoms. The van der Waals surface area contributed by atoms with Crippen molar-refractivity contribution in [2.24, 2.45) is 0 Å². The maximum atomic E-state index is 11.0. The summed E-state index contributed by atoms with van der Waals surface area (Å²) in [4.78, 5) is 17.6. The van der Waals surface area contributed by atoms with Crippen LogP contribution in [0.4, 0.5) is 5.82 Å². The molecule has 1 aromatic rings. The second-order valence-electron chi connectivity index (χ2n) is 4.17. The van der Waals surface area contributed by atoms with Crippen LogP contribution in [0.2, 0.25) is 0 Å². The summed E-state index contributed by atoms with van der Waals surface area (Å²) in [6, 6.07) is 6.17. The molecule has 2 heterocycles. The van der Waals surface area contributed by atoms with Gasteiger partial charge < -0.3 is 10.2 Å². The number of nitrogens with zero attached hydrogens (tertiary/aromatic N) is 2. The molecule has 0 aromatic carbocycles. The van der Waals surface area contributed by atoms with Gasteiger partial charge in [-0.2, -0.15) is 0 Å². The van der Waals surface area contributed by atoms with Crippen LogP contribution in [-0.4, -0.2) is 30.0 Å². The first-order valence-electron chi connectivity index (χ1n) is 5.69. The van der Waals surface area contributed by atoms with Crippen molar-refractivity contribution in [1.29, 1.82) is 0 Å². The van der Waals surface area contributed by atoms with Crippen LogP contribution in [0.15, 0.2) is 24.4 Å². The Morgan fingerprint density at radius 1 is 1.56 bits per heavy atom. The lowest BCUT2D eigenvalue weighted by Gasteiger charge is -2.33. The maximum absolute atomic E-state index is 11.0. The van der Waals surface area contributed by atoms with Crippen molar-refractivity contribution in [3.05, 3.63) is 24.4 Å². The fraction of sp³-hybridized carbons (Fsp3) is 0.500. The van der Waals surface area contributed by atoms with E-state index < -0.39 is 0 Å². The standard InChI is InChI=1S/C12H17N3O/c1-10(16)14-11-5-4-8-15(9-11)12-6-2-3-7-13-12/h2-3,6-7,11H,4-5,8-9H2,1H3,(H,14,16)/t11-/m1/s1. The number of hydrogen-bond donors (Lipinski definition) is 1. The Kier molecular flexibility index (Phi) is 3.39. The largest absolute Gasteiger partial charge is 0.355 e. The number of carbonyl (C=O) groups is 1. The van der Waals surface area contributed by atoms with Gasteiger partial charge in [-0.3, -0.25) is 4.79 Å². The van der Waals surface area contributed by atoms with Crippen LogP contribution in [0.3, 0.4) is 0 Å². The van der Waals surface area contributed by atoms with E-state index in [4.69, 9.17) is 0 Å². The number of pyridine rings is 1. The zero-order valence-electron chi connectivity index (χ0n) is 9.52. The van der Waals surface area contributed by atoms with Gasteiger partial charge in [0.1, 0.15) is 5.82 Å². The lowest BCUT2D eigenvalue weighted by molar-refractivity contribution is -0.119. The lowest BCUT2D eigenvalue weighted by atomic mass is 10.1. The van der Waals surface area contributed by atoms with Gasteiger partial charge in [-0.25, -0.2) is 4.98 Å². The van der Waals surface area contributed by atoms with Crippen molar-refractivity contribution in [2.45, 2.75) is 25.8 Å². The topological polar surface area (TPSA) is 45.2 Å². The maximum Gasteiger partial charge on any atom is 0.217 e. The van der Waals surface area contributed by atoms with E-state index in [2.05, 4.69) is 15.2 Å². The number of piperidine rings is 1. The molecule has 1 saturated heterocycles. The molecule has 1 amide bonds. The highest BCUT2D eigenvalue weighted by Gasteiger charge is 2.20. The van der Waals surface area contributed by atoms with E-state index in [9.17, 15) is 4.79 Å². The molecule has 0 spiro atoms. The van der Waals surface area contributed by atoms with E-state index in [0.29, 0.717) is 0 Å². The highest BCUT2D eigenvalue weighted by Crippen LogP contribution is 2.16. The zero-order valence-corrected chi connectivity index (χ0v) is 9.52. The van der Waals surface area contributed by atoms with E-state index in [1.54, 1.807) is 13.1 Å². The molecule has 16 heavy (non-hydrogen) atoms. The molecule has 86 valence electrons. The summed E-state index contributed by atoms with van der Waals surface area (Å²) < 4.78 is 0. The summed E-state index contributed by atoms with van der Waals surface area (Å²) >= 11 is 0. The Labute approximate surface area is 95.7 Å². The van der Waals surface area contributed by atoms with Crippen LogP contribution < -0.4 is 10.2 Å². The molecule has 0 aliphatic carbocycles. The van der Waals surface area contributed by atoms with Gasteiger partial charge >= 0.3 is 0 Å². The molecular formula is C12H17N3O. The highest BCUT2D eigenvalue weighted by molar-refractivity contribution is 5.73. The Hall–Kier alpha value is -1.58. The molecular weight excluding hydrogens is 202 g/mol. The molecule has 1 aliphatic rings. The Morgan fingerprint density at radius 2 is 2.44 bits per heavy atom. The van der Waals surface area contributed by atoms with Crippen molar-refractivity contribution in [2.75, 3.05) is 18.0 Å². The van der Waals surface area contributed by atoms with E-state index in [1.165, 1.54) is 0 Å². The monoisotopic (exact) mass is 219 g/mol. The molecule has 0 bridgehead atoms. The van der Waals surface area contributed by atoms with Gasteiger partial charge in [-0.15, -0.1) is 0 Å². The predicted molar refractivity (Wildman–Crippen MR) is 63.3 cm³/mol. The number of aromatic nitrogens is 1. The minimum atomic E-state index is 0.0490. The minimum Gasteiger partial charge on any atom is -0.355 e. The summed E-state index contributed by atoms with van der Waals surface area (Å²) in [5.41, 5.74) is 0. The average Bonchev–Trinajstić information content (AvgIpc) is 2.30. The van der Waals surface area contributed by atoms with Crippen LogP contribution in [0.5, 0.6) is 0 Å². The lowest BCUT2D eigenvalue weighted by Crippen LogP contribution is -2.47. The van der Waals surface area contributed by atoms with Gasteiger partial charge in [0.05, 0.1) is 0 Å². The quantitative estimate of drug-likeness (QED) is 0.812. The SMILES string of the molecule is CC(=O)N[C@@H]1CCCN(c2ccccn2)C1. The summed E-state index contributed by atoms with van der Waals surface area (Å²) in [5.74, 6) is 1.05. The third-order valence-electron chi connectivity index (χ3n) is 2.80. The number of rotatable bonds is 2. The van der Waals surface area contributed by atoms with Crippen molar-refractivity contribution in [3.8, 4) is 0 Å². The third-order valence-corrected chi connectivity index (χ3v) is 2.80. The summed E-state index contributed by atoms with van der Waals surface area (Å²) in [6.07, 6.45) is 3.96. The molecule has 0 radical (unpaired) electrons. The minimum absolute atomic E-state index is 0.0490. The fourth-order valence-electron chi connectivity index (χ4n) is 2.13. The molecule has 0 saturated carbocycles. The smallest absolute Gasteiger partial charge is 0.217 e. The zero-order chi connectivity index (χ0) is 11.4. The number of hydrogen-bond acceptors (Lipinski definition) is 3. The van der Waals surface area contributed by atoms with Gasteiger partial charge in [0.15, 0.2) is 0 Å². The third kappa shape index (κ3) is 2.72. The van der Waals surface area contributed by atoms with Gasteiger partial charge in [0.25, 0.3) is 0 Å². The van der Waals surface area contributed by atoms with Crippen molar-refractivity contribution in [3.63, 3.8) is 0 Å². The average molecular weight is 219 g/mol. The van der Waals surface area contributed by atoms with Gasteiger partial charge in [-0.1, -0.05) is 6.07 Å². The van der Waals surface area contributed by atoms with Crippen LogP contribution in [0.1, 0.15) is 19.8 Å². The molecule has 4 nitrogen and oxygen atoms in total. The van der Waals surface area contributed by atoms with Crippen LogP contribution >= 0.6 is 0 Å². The van der Waals surface area contributed by atoms with E-state index in [1.807, 2.05) is 18.2 Å². The van der Waals surface area contributed by atoms with Crippen LogP contribution in [0.25, 0.3) is 0 Å². The number of nitrogens with one attached hydrogen (secondary N) is 1. The number of carbonyl (C=O) groups excluding carboxylic acids is 1. The molecule has 1 N–H and O–H groups in total.